The summed E-state index contributed by atoms with van der Waals surface area (Å²) in [6.07, 6.45) is 3.60. The Hall–Kier alpha value is -3.21. The van der Waals surface area contributed by atoms with E-state index >= 15 is 0 Å². The Morgan fingerprint density at radius 3 is 2.42 bits per heavy atom. The number of hydrogen-bond acceptors (Lipinski definition) is 3. The molecule has 0 radical (unpaired) electrons. The first-order valence-electron chi connectivity index (χ1n) is 7.56. The van der Waals surface area contributed by atoms with E-state index in [1.54, 1.807) is 10.8 Å². The summed E-state index contributed by atoms with van der Waals surface area (Å²) < 4.78 is 1.56. The van der Waals surface area contributed by atoms with Crippen molar-refractivity contribution in [3.8, 4) is 5.69 Å². The van der Waals surface area contributed by atoms with Gasteiger partial charge in [0.05, 0.1) is 5.69 Å². The zero-order valence-corrected chi connectivity index (χ0v) is 13.5. The van der Waals surface area contributed by atoms with E-state index in [9.17, 15) is 9.90 Å². The van der Waals surface area contributed by atoms with Gasteiger partial charge in [0.1, 0.15) is 5.69 Å². The van der Waals surface area contributed by atoms with Crippen LogP contribution in [-0.2, 0) is 0 Å². The number of nitrogens with zero attached hydrogens (tertiary/aromatic N) is 3. The van der Waals surface area contributed by atoms with E-state index in [-0.39, 0.29) is 5.69 Å². The number of aryl methyl sites for hydroxylation is 2. The molecule has 120 valence electrons. The van der Waals surface area contributed by atoms with Crippen LogP contribution in [0.1, 0.15) is 32.9 Å². The Morgan fingerprint density at radius 2 is 1.75 bits per heavy atom. The van der Waals surface area contributed by atoms with Gasteiger partial charge in [0, 0.05) is 0 Å². The van der Waals surface area contributed by atoms with Crippen molar-refractivity contribution in [3.63, 3.8) is 0 Å². The molecule has 3 aromatic rings. The van der Waals surface area contributed by atoms with Gasteiger partial charge in [0.25, 0.3) is 0 Å². The number of carboxylic acids is 1. The van der Waals surface area contributed by atoms with Crippen molar-refractivity contribution in [3.05, 3.63) is 76.6 Å². The highest BCUT2D eigenvalue weighted by molar-refractivity contribution is 5.90. The molecule has 3 rings (SSSR count). The molecule has 0 saturated carbocycles. The van der Waals surface area contributed by atoms with E-state index in [4.69, 9.17) is 0 Å². The molecule has 0 atom stereocenters. The molecule has 24 heavy (non-hydrogen) atoms. The summed E-state index contributed by atoms with van der Waals surface area (Å²) in [6.45, 7) is 3.97. The second-order valence-corrected chi connectivity index (χ2v) is 5.57. The maximum Gasteiger partial charge on any atom is 0.358 e. The fourth-order valence-corrected chi connectivity index (χ4v) is 2.42. The summed E-state index contributed by atoms with van der Waals surface area (Å²) in [4.78, 5) is 11.5. The lowest BCUT2D eigenvalue weighted by atomic mass is 10.1. The van der Waals surface area contributed by atoms with Crippen LogP contribution in [0.15, 0.2) is 48.5 Å². The van der Waals surface area contributed by atoms with E-state index < -0.39 is 5.97 Å². The summed E-state index contributed by atoms with van der Waals surface area (Å²) in [5.41, 5.74) is 4.32. The number of para-hydroxylation sites is 1. The first-order chi connectivity index (χ1) is 11.6. The predicted octanol–water partition coefficient (Wildman–Crippen LogP) is 3.75. The first-order valence-corrected chi connectivity index (χ1v) is 7.56. The predicted molar refractivity (Wildman–Crippen MR) is 93.2 cm³/mol. The van der Waals surface area contributed by atoms with Gasteiger partial charge in [0.2, 0.25) is 0 Å². The standard InChI is InChI=1S/C19H17N3O2/c1-13-7-9-15(10-8-13)11-12-17-18(19(23)24)20-21-22(17)16-6-4-3-5-14(16)2/h3-12H,1-2H3,(H,23,24)/b12-11+. The Labute approximate surface area is 139 Å². The minimum absolute atomic E-state index is 0.0679. The van der Waals surface area contributed by atoms with Gasteiger partial charge >= 0.3 is 5.97 Å². The van der Waals surface area contributed by atoms with Crippen LogP contribution >= 0.6 is 0 Å². The van der Waals surface area contributed by atoms with E-state index in [2.05, 4.69) is 10.3 Å². The van der Waals surface area contributed by atoms with Crippen molar-refractivity contribution < 1.29 is 9.90 Å². The third-order valence-corrected chi connectivity index (χ3v) is 3.76. The molecule has 0 aliphatic carbocycles. The average Bonchev–Trinajstić information content (AvgIpc) is 2.99. The molecule has 1 N–H and O–H groups in total. The maximum atomic E-state index is 11.5. The molecule has 5 heteroatoms. The van der Waals surface area contributed by atoms with Gasteiger partial charge in [-0.3, -0.25) is 0 Å². The van der Waals surface area contributed by atoms with Crippen molar-refractivity contribution in [2.45, 2.75) is 13.8 Å². The fraction of sp³-hybridized carbons (Fsp3) is 0.105. The number of carbonyl (C=O) groups is 1. The Morgan fingerprint density at radius 1 is 1.04 bits per heavy atom. The highest BCUT2D eigenvalue weighted by atomic mass is 16.4. The molecular weight excluding hydrogens is 302 g/mol. The van der Waals surface area contributed by atoms with Crippen LogP contribution < -0.4 is 0 Å². The van der Waals surface area contributed by atoms with Crippen molar-refractivity contribution in [1.82, 2.24) is 15.0 Å². The largest absolute Gasteiger partial charge is 0.476 e. The molecule has 0 spiro atoms. The second kappa shape index (κ2) is 6.50. The first kappa shape index (κ1) is 15.7. The topological polar surface area (TPSA) is 68.0 Å². The van der Waals surface area contributed by atoms with Gasteiger partial charge in [0.15, 0.2) is 5.69 Å². The molecule has 0 amide bonds. The molecule has 0 aliphatic heterocycles. The quantitative estimate of drug-likeness (QED) is 0.795. The van der Waals surface area contributed by atoms with Crippen LogP contribution in [0.3, 0.4) is 0 Å². The van der Waals surface area contributed by atoms with Crippen molar-refractivity contribution >= 4 is 18.1 Å². The minimum Gasteiger partial charge on any atom is -0.476 e. The van der Waals surface area contributed by atoms with E-state index in [0.717, 1.165) is 16.8 Å². The lowest BCUT2D eigenvalue weighted by Gasteiger charge is -2.07. The number of hydrogen-bond donors (Lipinski definition) is 1. The molecular formula is C19H17N3O2. The third kappa shape index (κ3) is 3.10. The molecule has 0 fully saturated rings. The third-order valence-electron chi connectivity index (χ3n) is 3.76. The fourth-order valence-electron chi connectivity index (χ4n) is 2.42. The van der Waals surface area contributed by atoms with Gasteiger partial charge < -0.3 is 5.11 Å². The highest BCUT2D eigenvalue weighted by Gasteiger charge is 2.18. The Bertz CT molecular complexity index is 909. The van der Waals surface area contributed by atoms with Gasteiger partial charge in [-0.05, 0) is 37.1 Å². The molecule has 1 heterocycles. The minimum atomic E-state index is -1.10. The summed E-state index contributed by atoms with van der Waals surface area (Å²) in [7, 11) is 0. The van der Waals surface area contributed by atoms with Crippen molar-refractivity contribution in [2.75, 3.05) is 0 Å². The second-order valence-electron chi connectivity index (χ2n) is 5.57. The van der Waals surface area contributed by atoms with Crippen LogP contribution in [0.5, 0.6) is 0 Å². The Kier molecular flexibility index (Phi) is 4.24. The van der Waals surface area contributed by atoms with Gasteiger partial charge in [-0.25, -0.2) is 9.48 Å². The smallest absolute Gasteiger partial charge is 0.358 e. The normalized spacial score (nSPS) is 11.1. The molecule has 1 aromatic heterocycles. The van der Waals surface area contributed by atoms with Crippen LogP contribution in [-0.4, -0.2) is 26.1 Å². The lowest BCUT2D eigenvalue weighted by molar-refractivity contribution is 0.0690. The number of benzene rings is 2. The molecule has 0 bridgehead atoms. The average molecular weight is 319 g/mol. The lowest BCUT2D eigenvalue weighted by Crippen LogP contribution is -2.04. The number of aromatic carboxylic acids is 1. The Balaban J connectivity index is 2.08. The van der Waals surface area contributed by atoms with E-state index in [1.165, 1.54) is 5.56 Å². The number of rotatable bonds is 4. The highest BCUT2D eigenvalue weighted by Crippen LogP contribution is 2.19. The summed E-state index contributed by atoms with van der Waals surface area (Å²) in [5, 5.41) is 17.2. The van der Waals surface area contributed by atoms with Gasteiger partial charge in [-0.1, -0.05) is 59.3 Å². The molecule has 0 unspecified atom stereocenters. The molecule has 2 aromatic carbocycles. The molecule has 0 aliphatic rings. The van der Waals surface area contributed by atoms with Crippen LogP contribution in [0.4, 0.5) is 0 Å². The van der Waals surface area contributed by atoms with Crippen molar-refractivity contribution in [2.24, 2.45) is 0 Å². The molecule has 0 saturated heterocycles. The monoisotopic (exact) mass is 319 g/mol. The van der Waals surface area contributed by atoms with Gasteiger partial charge in [-0.15, -0.1) is 5.10 Å². The number of aromatic nitrogens is 3. The van der Waals surface area contributed by atoms with Crippen molar-refractivity contribution in [1.29, 1.82) is 0 Å². The zero-order valence-electron chi connectivity index (χ0n) is 13.5. The maximum absolute atomic E-state index is 11.5. The molecule has 5 nitrogen and oxygen atoms in total. The SMILES string of the molecule is Cc1ccc(/C=C/c2c(C(=O)O)nnn2-c2ccccc2C)cc1. The van der Waals surface area contributed by atoms with Crippen LogP contribution in [0.25, 0.3) is 17.8 Å². The number of carboxylic acid groups (broad SMARTS) is 1. The van der Waals surface area contributed by atoms with E-state index in [1.807, 2.05) is 68.5 Å². The van der Waals surface area contributed by atoms with E-state index in [0.29, 0.717) is 5.69 Å². The van der Waals surface area contributed by atoms with Gasteiger partial charge in [-0.2, -0.15) is 0 Å². The summed E-state index contributed by atoms with van der Waals surface area (Å²) in [5.74, 6) is -1.10. The summed E-state index contributed by atoms with van der Waals surface area (Å²) >= 11 is 0. The zero-order chi connectivity index (χ0) is 17.1. The van der Waals surface area contributed by atoms with Crippen LogP contribution in [0.2, 0.25) is 0 Å². The van der Waals surface area contributed by atoms with Crippen LogP contribution in [0, 0.1) is 13.8 Å². The summed E-state index contributed by atoms with van der Waals surface area (Å²) in [6, 6.07) is 15.6.